The fourth-order valence-corrected chi connectivity index (χ4v) is 5.32. The van der Waals surface area contributed by atoms with Gasteiger partial charge in [-0.3, -0.25) is 19.3 Å². The summed E-state index contributed by atoms with van der Waals surface area (Å²) in [5.41, 5.74) is 2.55. The molecule has 2 aromatic rings. The number of likely N-dealkylation sites (tertiary alicyclic amines) is 1. The van der Waals surface area contributed by atoms with E-state index in [1.165, 1.54) is 11.3 Å². The van der Waals surface area contributed by atoms with Crippen LogP contribution in [0, 0.1) is 12.8 Å². The van der Waals surface area contributed by atoms with Crippen molar-refractivity contribution in [3.8, 4) is 0 Å². The van der Waals surface area contributed by atoms with Gasteiger partial charge in [0.1, 0.15) is 11.4 Å². The van der Waals surface area contributed by atoms with Gasteiger partial charge in [-0.05, 0) is 58.1 Å². The van der Waals surface area contributed by atoms with Crippen molar-refractivity contribution in [3.05, 3.63) is 40.7 Å². The fraction of sp³-hybridized carbons (Fsp3) is 0.542. The first-order valence-corrected chi connectivity index (χ1v) is 11.8. The van der Waals surface area contributed by atoms with Crippen molar-refractivity contribution in [2.75, 3.05) is 24.5 Å². The van der Waals surface area contributed by atoms with E-state index < -0.39 is 0 Å². The average Bonchev–Trinajstić information content (AvgIpc) is 3.35. The summed E-state index contributed by atoms with van der Waals surface area (Å²) in [4.78, 5) is 45.0. The van der Waals surface area contributed by atoms with E-state index in [0.29, 0.717) is 29.1 Å². The summed E-state index contributed by atoms with van der Waals surface area (Å²) < 4.78 is 4.72. The molecule has 3 amide bonds. The van der Waals surface area contributed by atoms with E-state index in [0.717, 1.165) is 44.5 Å². The first-order valence-electron chi connectivity index (χ1n) is 11.8. The van der Waals surface area contributed by atoms with Crippen molar-refractivity contribution in [1.29, 1.82) is 0 Å². The maximum atomic E-state index is 13.3. The van der Waals surface area contributed by atoms with Gasteiger partial charge in [0.25, 0.3) is 11.8 Å². The van der Waals surface area contributed by atoms with E-state index in [1.54, 1.807) is 13.0 Å². The summed E-state index contributed by atoms with van der Waals surface area (Å²) in [5, 5.41) is 7.56. The number of fused-ring (bicyclic) bond motifs is 1. The molecule has 3 aliphatic rings. The zero-order valence-corrected chi connectivity index (χ0v) is 19.1. The van der Waals surface area contributed by atoms with Gasteiger partial charge >= 0.3 is 0 Å². The Labute approximate surface area is 192 Å². The number of anilines is 1. The number of aromatic nitrogens is 2. The van der Waals surface area contributed by atoms with Gasteiger partial charge in [0, 0.05) is 25.7 Å². The Morgan fingerprint density at radius 3 is 2.70 bits per heavy atom. The lowest BCUT2D eigenvalue weighted by Crippen LogP contribution is -2.49. The van der Waals surface area contributed by atoms with Crippen LogP contribution in [-0.2, 0) is 11.3 Å². The van der Waals surface area contributed by atoms with Crippen molar-refractivity contribution >= 4 is 23.4 Å². The van der Waals surface area contributed by atoms with Crippen LogP contribution in [0.15, 0.2) is 22.8 Å². The molecule has 33 heavy (non-hydrogen) atoms. The second-order valence-electron chi connectivity index (χ2n) is 9.35. The SMILES string of the molecule is Cc1nonc1CN1C(=O)c2cccc(N3CCC[C@H](C(=O)N4CCCC[C@@H]4C)C3)c2C1=O. The topological polar surface area (TPSA) is 99.8 Å². The molecule has 9 heteroatoms. The first kappa shape index (κ1) is 21.6. The first-order chi connectivity index (χ1) is 16.0. The van der Waals surface area contributed by atoms with Crippen LogP contribution in [0.3, 0.4) is 0 Å². The molecule has 3 aliphatic heterocycles. The molecule has 2 atom stereocenters. The Balaban J connectivity index is 1.38. The van der Waals surface area contributed by atoms with Crippen molar-refractivity contribution in [1.82, 2.24) is 20.1 Å². The summed E-state index contributed by atoms with van der Waals surface area (Å²) in [6.07, 6.45) is 5.02. The molecule has 9 nitrogen and oxygen atoms in total. The molecule has 4 heterocycles. The third kappa shape index (κ3) is 3.79. The number of nitrogens with zero attached hydrogens (tertiary/aromatic N) is 5. The number of carbonyl (C=O) groups is 3. The number of benzene rings is 1. The smallest absolute Gasteiger partial charge is 0.264 e. The Morgan fingerprint density at radius 1 is 1.09 bits per heavy atom. The third-order valence-corrected chi connectivity index (χ3v) is 7.23. The number of hydrogen-bond acceptors (Lipinski definition) is 7. The molecule has 0 N–H and O–H groups in total. The molecule has 2 saturated heterocycles. The molecular weight excluding hydrogens is 422 g/mol. The minimum absolute atomic E-state index is 0.0229. The summed E-state index contributed by atoms with van der Waals surface area (Å²) >= 11 is 0. The maximum Gasteiger partial charge on any atom is 0.264 e. The van der Waals surface area contributed by atoms with Crippen molar-refractivity contribution < 1.29 is 19.0 Å². The van der Waals surface area contributed by atoms with Crippen LogP contribution >= 0.6 is 0 Å². The van der Waals surface area contributed by atoms with Crippen LogP contribution in [0.1, 0.15) is 71.1 Å². The van der Waals surface area contributed by atoms with Crippen LogP contribution in [-0.4, -0.2) is 63.5 Å². The largest absolute Gasteiger partial charge is 0.370 e. The molecule has 0 unspecified atom stereocenters. The van der Waals surface area contributed by atoms with Crippen LogP contribution in [0.5, 0.6) is 0 Å². The minimum atomic E-state index is -0.342. The second kappa shape index (κ2) is 8.61. The molecule has 174 valence electrons. The van der Waals surface area contributed by atoms with Crippen LogP contribution in [0.25, 0.3) is 0 Å². The zero-order chi connectivity index (χ0) is 23.1. The molecule has 1 aromatic carbocycles. The number of aryl methyl sites for hydroxylation is 1. The second-order valence-corrected chi connectivity index (χ2v) is 9.35. The lowest BCUT2D eigenvalue weighted by molar-refractivity contribution is -0.139. The van der Waals surface area contributed by atoms with E-state index in [2.05, 4.69) is 22.1 Å². The maximum absolute atomic E-state index is 13.3. The highest BCUT2D eigenvalue weighted by atomic mass is 16.6. The van der Waals surface area contributed by atoms with Gasteiger partial charge in [0.05, 0.1) is 29.3 Å². The number of imide groups is 1. The van der Waals surface area contributed by atoms with Crippen LogP contribution in [0.2, 0.25) is 0 Å². The molecule has 0 radical (unpaired) electrons. The molecule has 0 bridgehead atoms. The van der Waals surface area contributed by atoms with E-state index in [1.807, 2.05) is 17.0 Å². The van der Waals surface area contributed by atoms with Gasteiger partial charge in [0.15, 0.2) is 0 Å². The summed E-state index contributed by atoms with van der Waals surface area (Å²) in [6, 6.07) is 5.66. The normalized spacial score (nSPS) is 23.3. The number of carbonyl (C=O) groups excluding carboxylic acids is 3. The molecule has 0 spiro atoms. The summed E-state index contributed by atoms with van der Waals surface area (Å²) in [7, 11) is 0. The van der Waals surface area contributed by atoms with Crippen molar-refractivity contribution in [2.24, 2.45) is 5.92 Å². The van der Waals surface area contributed by atoms with E-state index >= 15 is 0 Å². The van der Waals surface area contributed by atoms with E-state index in [-0.39, 0.29) is 36.2 Å². The van der Waals surface area contributed by atoms with Gasteiger partial charge < -0.3 is 9.80 Å². The summed E-state index contributed by atoms with van der Waals surface area (Å²) in [6.45, 7) is 6.02. The molecule has 2 fully saturated rings. The van der Waals surface area contributed by atoms with Gasteiger partial charge in [-0.25, -0.2) is 4.63 Å². The highest BCUT2D eigenvalue weighted by Gasteiger charge is 2.40. The number of hydrogen-bond donors (Lipinski definition) is 0. The van der Waals surface area contributed by atoms with Crippen molar-refractivity contribution in [2.45, 2.75) is 58.5 Å². The van der Waals surface area contributed by atoms with Gasteiger partial charge in [-0.2, -0.15) is 0 Å². The molecule has 0 saturated carbocycles. The predicted molar refractivity (Wildman–Crippen MR) is 120 cm³/mol. The van der Waals surface area contributed by atoms with E-state index in [4.69, 9.17) is 4.63 Å². The Kier molecular flexibility index (Phi) is 5.64. The van der Waals surface area contributed by atoms with Gasteiger partial charge in [-0.1, -0.05) is 16.4 Å². The highest BCUT2D eigenvalue weighted by molar-refractivity contribution is 6.23. The minimum Gasteiger partial charge on any atom is -0.370 e. The molecule has 5 rings (SSSR count). The van der Waals surface area contributed by atoms with Gasteiger partial charge in [0.2, 0.25) is 5.91 Å². The Morgan fingerprint density at radius 2 is 1.94 bits per heavy atom. The highest BCUT2D eigenvalue weighted by Crippen LogP contribution is 2.35. The molecule has 0 aliphatic carbocycles. The summed E-state index contributed by atoms with van der Waals surface area (Å²) in [5.74, 6) is -0.558. The number of rotatable bonds is 4. The molecular formula is C24H29N5O4. The predicted octanol–water partition coefficient (Wildman–Crippen LogP) is 2.79. The van der Waals surface area contributed by atoms with E-state index in [9.17, 15) is 14.4 Å². The molecule has 1 aromatic heterocycles. The zero-order valence-electron chi connectivity index (χ0n) is 19.1. The lowest BCUT2D eigenvalue weighted by atomic mass is 9.93. The van der Waals surface area contributed by atoms with Crippen LogP contribution in [0.4, 0.5) is 5.69 Å². The van der Waals surface area contributed by atoms with Gasteiger partial charge in [-0.15, -0.1) is 0 Å². The van der Waals surface area contributed by atoms with Crippen LogP contribution < -0.4 is 4.90 Å². The standard InChI is InChI=1S/C24H29N5O4/c1-15-7-3-4-12-28(15)22(30)17-8-6-11-27(13-17)20-10-5-9-18-21(20)24(32)29(23(18)31)14-19-16(2)25-33-26-19/h5,9-10,15,17H,3-4,6-8,11-14H2,1-2H3/t15-,17-/m0/s1. The Hall–Kier alpha value is -3.23. The lowest BCUT2D eigenvalue weighted by Gasteiger charge is -2.40. The third-order valence-electron chi connectivity index (χ3n) is 7.23. The fourth-order valence-electron chi connectivity index (χ4n) is 5.32. The Bertz CT molecular complexity index is 1100. The number of amides is 3. The average molecular weight is 452 g/mol. The number of piperidine rings is 2. The monoisotopic (exact) mass is 451 g/mol. The van der Waals surface area contributed by atoms with Crippen molar-refractivity contribution in [3.63, 3.8) is 0 Å². The quantitative estimate of drug-likeness (QED) is 0.659.